The minimum Gasteiger partial charge on any atom is -0.478 e. The number of aromatic nitrogens is 2. The van der Waals surface area contributed by atoms with Crippen molar-refractivity contribution in [3.05, 3.63) is 53.9 Å². The summed E-state index contributed by atoms with van der Waals surface area (Å²) < 4.78 is 1.72. The van der Waals surface area contributed by atoms with Crippen LogP contribution in [0.15, 0.2) is 42.7 Å². The molecule has 0 saturated carbocycles. The maximum absolute atomic E-state index is 12.7. The minimum atomic E-state index is -0.965. The smallest absolute Gasteiger partial charge is 0.338 e. The maximum Gasteiger partial charge on any atom is 0.338 e. The lowest BCUT2D eigenvalue weighted by atomic mass is 10.0. The predicted octanol–water partition coefficient (Wildman–Crippen LogP) is 3.07. The summed E-state index contributed by atoms with van der Waals surface area (Å²) in [6.45, 7) is 3.33. The van der Waals surface area contributed by atoms with Crippen LogP contribution in [0.2, 0.25) is 0 Å². The maximum atomic E-state index is 12.7. The van der Waals surface area contributed by atoms with Crippen LogP contribution in [0.1, 0.15) is 41.7 Å². The number of hydrogen-bond donors (Lipinski definition) is 1. The zero-order chi connectivity index (χ0) is 18.5. The van der Waals surface area contributed by atoms with Gasteiger partial charge in [-0.15, -0.1) is 11.8 Å². The molecule has 2 aromatic rings. The van der Waals surface area contributed by atoms with Crippen molar-refractivity contribution in [2.24, 2.45) is 0 Å². The average molecular weight is 373 g/mol. The number of piperidine rings is 1. The van der Waals surface area contributed by atoms with Crippen molar-refractivity contribution in [2.75, 3.05) is 13.1 Å². The summed E-state index contributed by atoms with van der Waals surface area (Å²) in [4.78, 5) is 25.5. The summed E-state index contributed by atoms with van der Waals surface area (Å²) in [5.41, 5.74) is 1.43. The molecule has 1 fully saturated rings. The molecule has 1 aromatic heterocycles. The van der Waals surface area contributed by atoms with Crippen LogP contribution in [0, 0.1) is 0 Å². The van der Waals surface area contributed by atoms with Gasteiger partial charge in [0.25, 0.3) is 0 Å². The van der Waals surface area contributed by atoms with Gasteiger partial charge in [0.05, 0.1) is 23.1 Å². The van der Waals surface area contributed by atoms with Crippen LogP contribution >= 0.6 is 11.8 Å². The van der Waals surface area contributed by atoms with Crippen molar-refractivity contribution in [3.8, 4) is 0 Å². The first-order valence-electron chi connectivity index (χ1n) is 8.76. The summed E-state index contributed by atoms with van der Waals surface area (Å²) in [7, 11) is 0. The fourth-order valence-corrected chi connectivity index (χ4v) is 4.05. The van der Waals surface area contributed by atoms with E-state index >= 15 is 0 Å². The van der Waals surface area contributed by atoms with E-state index in [9.17, 15) is 9.59 Å². The van der Waals surface area contributed by atoms with Gasteiger partial charge >= 0.3 is 5.97 Å². The number of benzene rings is 1. The van der Waals surface area contributed by atoms with Gasteiger partial charge in [-0.05, 0) is 25.3 Å². The molecular formula is C19H23N3O3S. The highest BCUT2D eigenvalue weighted by Crippen LogP contribution is 2.25. The molecule has 26 heavy (non-hydrogen) atoms. The third kappa shape index (κ3) is 4.46. The van der Waals surface area contributed by atoms with E-state index in [-0.39, 0.29) is 22.8 Å². The highest BCUT2D eigenvalue weighted by Gasteiger charge is 2.27. The largest absolute Gasteiger partial charge is 0.478 e. The summed E-state index contributed by atoms with van der Waals surface area (Å²) >= 11 is 1.66. The Morgan fingerprint density at radius 1 is 1.27 bits per heavy atom. The van der Waals surface area contributed by atoms with Gasteiger partial charge in [0.1, 0.15) is 0 Å². The van der Waals surface area contributed by atoms with E-state index in [2.05, 4.69) is 17.2 Å². The Morgan fingerprint density at radius 2 is 1.96 bits per heavy atom. The van der Waals surface area contributed by atoms with E-state index < -0.39 is 5.97 Å². The standard InChI is InChI=1S/C19H23N3O3S/c1-14(26-13-15-5-3-2-4-6-15)18(23)21-9-7-17(8-10-21)22-12-16(11-20-22)19(24)25/h2-6,11-12,14,17H,7-10,13H2,1H3,(H,24,25). The third-order valence-electron chi connectivity index (χ3n) is 4.69. The molecule has 6 nitrogen and oxygen atoms in total. The van der Waals surface area contributed by atoms with E-state index in [1.807, 2.05) is 30.0 Å². The molecule has 138 valence electrons. The first-order valence-corrected chi connectivity index (χ1v) is 9.81. The van der Waals surface area contributed by atoms with Crippen LogP contribution in [-0.2, 0) is 10.5 Å². The molecular weight excluding hydrogens is 350 g/mol. The molecule has 0 spiro atoms. The van der Waals surface area contributed by atoms with E-state index in [4.69, 9.17) is 5.11 Å². The van der Waals surface area contributed by atoms with Gasteiger partial charge in [0.15, 0.2) is 0 Å². The van der Waals surface area contributed by atoms with E-state index in [1.54, 1.807) is 22.6 Å². The molecule has 3 rings (SSSR count). The Labute approximate surface area is 157 Å². The van der Waals surface area contributed by atoms with Crippen molar-refractivity contribution < 1.29 is 14.7 Å². The van der Waals surface area contributed by atoms with Crippen LogP contribution in [-0.4, -0.2) is 50.0 Å². The van der Waals surface area contributed by atoms with Crippen LogP contribution in [0.25, 0.3) is 0 Å². The number of amides is 1. The fourth-order valence-electron chi connectivity index (χ4n) is 3.12. The first-order chi connectivity index (χ1) is 12.5. The highest BCUT2D eigenvalue weighted by molar-refractivity contribution is 7.99. The van der Waals surface area contributed by atoms with Crippen LogP contribution in [0.4, 0.5) is 0 Å². The molecule has 1 saturated heterocycles. The predicted molar refractivity (Wildman–Crippen MR) is 101 cm³/mol. The molecule has 1 aromatic carbocycles. The second-order valence-electron chi connectivity index (χ2n) is 6.51. The molecule has 2 heterocycles. The molecule has 7 heteroatoms. The Morgan fingerprint density at radius 3 is 2.58 bits per heavy atom. The van der Waals surface area contributed by atoms with Gasteiger partial charge in [-0.3, -0.25) is 9.48 Å². The minimum absolute atomic E-state index is 0.0740. The molecule has 1 aliphatic rings. The summed E-state index contributed by atoms with van der Waals surface area (Å²) in [6.07, 6.45) is 4.54. The topological polar surface area (TPSA) is 75.4 Å². The number of carbonyl (C=O) groups excluding carboxylic acids is 1. The van der Waals surface area contributed by atoms with Crippen molar-refractivity contribution in [2.45, 2.75) is 36.8 Å². The van der Waals surface area contributed by atoms with Crippen molar-refractivity contribution in [1.82, 2.24) is 14.7 Å². The summed E-state index contributed by atoms with van der Waals surface area (Å²) in [6, 6.07) is 10.3. The third-order valence-corrected chi connectivity index (χ3v) is 5.89. The second-order valence-corrected chi connectivity index (χ2v) is 7.84. The molecule has 1 amide bonds. The fraction of sp³-hybridized carbons (Fsp3) is 0.421. The molecule has 1 unspecified atom stereocenters. The number of rotatable bonds is 6. The lowest BCUT2D eigenvalue weighted by Crippen LogP contribution is -2.42. The van der Waals surface area contributed by atoms with Gasteiger partial charge in [0, 0.05) is 25.0 Å². The van der Waals surface area contributed by atoms with E-state index in [1.165, 1.54) is 11.8 Å². The molecule has 1 N–H and O–H groups in total. The van der Waals surface area contributed by atoms with Crippen molar-refractivity contribution >= 4 is 23.6 Å². The quantitative estimate of drug-likeness (QED) is 0.842. The SMILES string of the molecule is CC(SCc1ccccc1)C(=O)N1CCC(n2cc(C(=O)O)cn2)CC1. The number of carbonyl (C=O) groups is 2. The van der Waals surface area contributed by atoms with Crippen LogP contribution in [0.5, 0.6) is 0 Å². The number of likely N-dealkylation sites (tertiary alicyclic amines) is 1. The molecule has 1 aliphatic heterocycles. The van der Waals surface area contributed by atoms with Crippen molar-refractivity contribution in [3.63, 3.8) is 0 Å². The Bertz CT molecular complexity index is 754. The number of nitrogens with zero attached hydrogens (tertiary/aromatic N) is 3. The normalized spacial score (nSPS) is 16.4. The second kappa shape index (κ2) is 8.40. The Balaban J connectivity index is 1.48. The number of carboxylic acid groups (broad SMARTS) is 1. The monoisotopic (exact) mass is 373 g/mol. The molecule has 1 atom stereocenters. The van der Waals surface area contributed by atoms with Gasteiger partial charge in [-0.1, -0.05) is 30.3 Å². The van der Waals surface area contributed by atoms with Crippen LogP contribution in [0.3, 0.4) is 0 Å². The van der Waals surface area contributed by atoms with Crippen LogP contribution < -0.4 is 0 Å². The van der Waals surface area contributed by atoms with Crippen molar-refractivity contribution in [1.29, 1.82) is 0 Å². The van der Waals surface area contributed by atoms with Gasteiger partial charge < -0.3 is 10.0 Å². The molecule has 0 aliphatic carbocycles. The lowest BCUT2D eigenvalue weighted by Gasteiger charge is -2.33. The van der Waals surface area contributed by atoms with E-state index in [0.29, 0.717) is 13.1 Å². The first kappa shape index (κ1) is 18.5. The Hall–Kier alpha value is -2.28. The lowest BCUT2D eigenvalue weighted by molar-refractivity contribution is -0.131. The highest BCUT2D eigenvalue weighted by atomic mass is 32.2. The van der Waals surface area contributed by atoms with Gasteiger partial charge in [-0.2, -0.15) is 5.10 Å². The number of thioether (sulfide) groups is 1. The zero-order valence-electron chi connectivity index (χ0n) is 14.7. The summed E-state index contributed by atoms with van der Waals surface area (Å²) in [5.74, 6) is 0.0411. The van der Waals surface area contributed by atoms with Gasteiger partial charge in [-0.25, -0.2) is 4.79 Å². The zero-order valence-corrected chi connectivity index (χ0v) is 15.6. The molecule has 0 bridgehead atoms. The average Bonchev–Trinajstić information content (AvgIpc) is 3.17. The summed E-state index contributed by atoms with van der Waals surface area (Å²) in [5, 5.41) is 13.1. The number of carboxylic acids is 1. The Kier molecular flexibility index (Phi) is 5.98. The number of hydrogen-bond acceptors (Lipinski definition) is 4. The number of aromatic carboxylic acids is 1. The van der Waals surface area contributed by atoms with E-state index in [0.717, 1.165) is 18.6 Å². The van der Waals surface area contributed by atoms with Gasteiger partial charge in [0.2, 0.25) is 5.91 Å². The molecule has 0 radical (unpaired) electrons.